The number of aromatic nitrogens is 2. The van der Waals surface area contributed by atoms with Gasteiger partial charge in [0.2, 0.25) is 5.91 Å². The van der Waals surface area contributed by atoms with E-state index in [1.165, 1.54) is 18.5 Å². The van der Waals surface area contributed by atoms with E-state index >= 15 is 0 Å². The van der Waals surface area contributed by atoms with Gasteiger partial charge in [0.05, 0.1) is 12.9 Å². The van der Waals surface area contributed by atoms with Crippen molar-refractivity contribution in [1.29, 1.82) is 0 Å². The molecule has 2 aromatic carbocycles. The van der Waals surface area contributed by atoms with Crippen LogP contribution >= 0.6 is 0 Å². The number of piperazine rings is 1. The van der Waals surface area contributed by atoms with Crippen LogP contribution in [0.4, 0.5) is 10.1 Å². The second kappa shape index (κ2) is 10.9. The Kier molecular flexibility index (Phi) is 7.36. The summed E-state index contributed by atoms with van der Waals surface area (Å²) in [7, 11) is 0. The smallest absolute Gasteiger partial charge is 0.275 e. The number of nitrogens with zero attached hydrogens (tertiary/aromatic N) is 5. The van der Waals surface area contributed by atoms with Gasteiger partial charge in [-0.15, -0.1) is 0 Å². The van der Waals surface area contributed by atoms with Gasteiger partial charge in [-0.3, -0.25) is 14.4 Å². The third kappa shape index (κ3) is 5.10. The summed E-state index contributed by atoms with van der Waals surface area (Å²) in [6.07, 6.45) is 2.13. The maximum atomic E-state index is 13.8. The van der Waals surface area contributed by atoms with E-state index in [1.54, 1.807) is 33.4 Å². The van der Waals surface area contributed by atoms with Crippen LogP contribution in [-0.4, -0.2) is 75.3 Å². The maximum Gasteiger partial charge on any atom is 0.275 e. The molecule has 3 amide bonds. The first-order valence-electron chi connectivity index (χ1n) is 13.3. The molecule has 1 fully saturated rings. The van der Waals surface area contributed by atoms with E-state index < -0.39 is 5.54 Å². The number of rotatable bonds is 7. The molecule has 0 radical (unpaired) electrons. The number of carbonyl (C=O) groups is 3. The van der Waals surface area contributed by atoms with Gasteiger partial charge in [0.1, 0.15) is 17.1 Å². The van der Waals surface area contributed by atoms with Crippen LogP contribution in [0.25, 0.3) is 0 Å². The first-order chi connectivity index (χ1) is 18.8. The highest BCUT2D eigenvalue weighted by Crippen LogP contribution is 2.30. The lowest BCUT2D eigenvalue weighted by atomic mass is 9.93. The zero-order valence-corrected chi connectivity index (χ0v) is 22.3. The minimum Gasteiger partial charge on any atom is -0.368 e. The first-order valence-corrected chi connectivity index (χ1v) is 13.3. The van der Waals surface area contributed by atoms with Gasteiger partial charge in [0, 0.05) is 45.0 Å². The Balaban J connectivity index is 1.32. The number of benzene rings is 2. The van der Waals surface area contributed by atoms with Crippen molar-refractivity contribution in [3.63, 3.8) is 0 Å². The number of imidazole rings is 1. The van der Waals surface area contributed by atoms with Crippen LogP contribution in [-0.2, 0) is 17.9 Å². The van der Waals surface area contributed by atoms with E-state index in [2.05, 4.69) is 27.3 Å². The summed E-state index contributed by atoms with van der Waals surface area (Å²) in [5.74, 6) is -1.32. The Hall–Kier alpha value is -4.21. The van der Waals surface area contributed by atoms with E-state index in [4.69, 9.17) is 0 Å². The second-order valence-corrected chi connectivity index (χ2v) is 10.2. The van der Waals surface area contributed by atoms with Crippen molar-refractivity contribution in [2.45, 2.75) is 38.9 Å². The molecule has 1 atom stereocenters. The van der Waals surface area contributed by atoms with Crippen LogP contribution in [0.2, 0.25) is 0 Å². The van der Waals surface area contributed by atoms with Gasteiger partial charge in [-0.25, -0.2) is 9.37 Å². The number of carbonyl (C=O) groups excluding carboxylic acids is 3. The molecule has 3 aromatic rings. The highest BCUT2D eigenvalue weighted by molar-refractivity contribution is 6.07. The Morgan fingerprint density at radius 2 is 1.72 bits per heavy atom. The fourth-order valence-electron chi connectivity index (χ4n) is 5.35. The quantitative estimate of drug-likeness (QED) is 0.506. The molecule has 0 bridgehead atoms. The number of amides is 3. The second-order valence-electron chi connectivity index (χ2n) is 10.2. The third-order valence-corrected chi connectivity index (χ3v) is 7.55. The van der Waals surface area contributed by atoms with Crippen LogP contribution in [0, 0.1) is 5.82 Å². The van der Waals surface area contributed by atoms with Gasteiger partial charge in [-0.05, 0) is 43.2 Å². The molecule has 5 rings (SSSR count). The minimum absolute atomic E-state index is 0.128. The fourth-order valence-corrected chi connectivity index (χ4v) is 5.35. The molecule has 9 nitrogen and oxygen atoms in total. The lowest BCUT2D eigenvalue weighted by Crippen LogP contribution is -2.64. The topological polar surface area (TPSA) is 90.8 Å². The van der Waals surface area contributed by atoms with Gasteiger partial charge in [-0.2, -0.15) is 0 Å². The number of hydrogen-bond donors (Lipinski definition) is 1. The fraction of sp³-hybridized carbons (Fsp3) is 0.379. The van der Waals surface area contributed by atoms with Gasteiger partial charge in [-0.1, -0.05) is 37.3 Å². The van der Waals surface area contributed by atoms with Crippen molar-refractivity contribution in [1.82, 2.24) is 24.7 Å². The van der Waals surface area contributed by atoms with E-state index in [0.717, 1.165) is 11.3 Å². The van der Waals surface area contributed by atoms with Gasteiger partial charge < -0.3 is 24.6 Å². The monoisotopic (exact) mass is 532 g/mol. The Labute approximate surface area is 227 Å². The minimum atomic E-state index is -1.18. The van der Waals surface area contributed by atoms with Crippen molar-refractivity contribution in [3.8, 4) is 0 Å². The van der Waals surface area contributed by atoms with Crippen LogP contribution in [0.3, 0.4) is 0 Å². The molecular formula is C29H33FN6O3. The largest absolute Gasteiger partial charge is 0.368 e. The Bertz CT molecular complexity index is 1350. The molecule has 1 unspecified atom stereocenters. The SMILES string of the molecule is CCCN1C(=O)c2c(C(=O)N3CCN(c4ccccc4)CC3)ncn2CC1(C)C(=O)NCc1ccc(F)cc1. The zero-order valence-electron chi connectivity index (χ0n) is 22.3. The molecule has 204 valence electrons. The van der Waals surface area contributed by atoms with Crippen LogP contribution in [0.5, 0.6) is 0 Å². The molecule has 10 heteroatoms. The summed E-state index contributed by atoms with van der Waals surface area (Å²) in [6, 6.07) is 16.0. The molecular weight excluding hydrogens is 499 g/mol. The molecule has 39 heavy (non-hydrogen) atoms. The highest BCUT2D eigenvalue weighted by atomic mass is 19.1. The predicted octanol–water partition coefficient (Wildman–Crippen LogP) is 2.93. The van der Waals surface area contributed by atoms with E-state index in [0.29, 0.717) is 39.1 Å². The maximum absolute atomic E-state index is 13.8. The normalized spacial score (nSPS) is 19.2. The molecule has 0 spiro atoms. The van der Waals surface area contributed by atoms with E-state index in [-0.39, 0.29) is 48.0 Å². The molecule has 3 heterocycles. The van der Waals surface area contributed by atoms with Crippen molar-refractivity contribution in [2.24, 2.45) is 0 Å². The van der Waals surface area contributed by atoms with Crippen LogP contribution in [0.1, 0.15) is 46.8 Å². The summed E-state index contributed by atoms with van der Waals surface area (Å²) >= 11 is 0. The van der Waals surface area contributed by atoms with Crippen molar-refractivity contribution in [3.05, 3.63) is 83.7 Å². The predicted molar refractivity (Wildman–Crippen MR) is 145 cm³/mol. The van der Waals surface area contributed by atoms with E-state index in [9.17, 15) is 18.8 Å². The number of anilines is 1. The first kappa shape index (κ1) is 26.4. The van der Waals surface area contributed by atoms with Gasteiger partial charge in [0.25, 0.3) is 11.8 Å². The molecule has 0 aliphatic carbocycles. The van der Waals surface area contributed by atoms with Crippen LogP contribution < -0.4 is 10.2 Å². The number of fused-ring (bicyclic) bond motifs is 1. The zero-order chi connectivity index (χ0) is 27.6. The molecule has 1 N–H and O–H groups in total. The summed E-state index contributed by atoms with van der Waals surface area (Å²) in [5, 5.41) is 2.90. The van der Waals surface area contributed by atoms with Crippen LogP contribution in [0.15, 0.2) is 60.9 Å². The Morgan fingerprint density at radius 1 is 1.03 bits per heavy atom. The van der Waals surface area contributed by atoms with Crippen molar-refractivity contribution in [2.75, 3.05) is 37.6 Å². The lowest BCUT2D eigenvalue weighted by Gasteiger charge is -2.44. The van der Waals surface area contributed by atoms with Crippen molar-refractivity contribution >= 4 is 23.4 Å². The number of hydrogen-bond acceptors (Lipinski definition) is 5. The number of para-hydroxylation sites is 1. The molecule has 2 aliphatic rings. The van der Waals surface area contributed by atoms with E-state index in [1.807, 2.05) is 25.1 Å². The summed E-state index contributed by atoms with van der Waals surface area (Å²) in [6.45, 7) is 6.83. The average molecular weight is 533 g/mol. The highest BCUT2D eigenvalue weighted by Gasteiger charge is 2.48. The summed E-state index contributed by atoms with van der Waals surface area (Å²) < 4.78 is 14.9. The molecule has 0 saturated carbocycles. The standard InChI is InChI=1S/C29H33FN6O3/c1-3-13-36-27(38)25-24(26(37)34-16-14-33(15-17-34)23-7-5-4-6-8-23)32-20-35(25)19-29(36,2)28(39)31-18-21-9-11-22(30)12-10-21/h4-12,20H,3,13-19H2,1-2H3,(H,31,39). The third-order valence-electron chi connectivity index (χ3n) is 7.55. The molecule has 1 aromatic heterocycles. The Morgan fingerprint density at radius 3 is 2.38 bits per heavy atom. The lowest BCUT2D eigenvalue weighted by molar-refractivity contribution is -0.133. The summed E-state index contributed by atoms with van der Waals surface area (Å²) in [5.41, 5.74) is 1.04. The molecule has 2 aliphatic heterocycles. The van der Waals surface area contributed by atoms with Gasteiger partial charge >= 0.3 is 0 Å². The van der Waals surface area contributed by atoms with Gasteiger partial charge in [0.15, 0.2) is 5.69 Å². The summed E-state index contributed by atoms with van der Waals surface area (Å²) in [4.78, 5) is 50.7. The number of halogens is 1. The average Bonchev–Trinajstić information content (AvgIpc) is 3.38. The van der Waals surface area contributed by atoms with Crippen molar-refractivity contribution < 1.29 is 18.8 Å². The molecule has 1 saturated heterocycles. The number of nitrogens with one attached hydrogen (secondary N) is 1.